The van der Waals surface area contributed by atoms with Crippen LogP contribution in [0.5, 0.6) is 0 Å². The van der Waals surface area contributed by atoms with Gasteiger partial charge in [-0.15, -0.1) is 0 Å². The molecule has 1 atom stereocenters. The molecule has 0 aliphatic heterocycles. The number of aromatic nitrogens is 1. The van der Waals surface area contributed by atoms with Crippen LogP contribution in [0.1, 0.15) is 37.4 Å². The molecule has 1 rings (SSSR count). The van der Waals surface area contributed by atoms with Crippen LogP contribution in [-0.2, 0) is 6.54 Å². The number of rotatable bonds is 8. The van der Waals surface area contributed by atoms with E-state index in [0.717, 1.165) is 31.4 Å². The predicted octanol–water partition coefficient (Wildman–Crippen LogP) is 1.84. The molecule has 0 fully saturated rings. The average Bonchev–Trinajstić information content (AvgIpc) is 2.40. The molecule has 0 radical (unpaired) electrons. The normalized spacial score (nSPS) is 12.1. The van der Waals surface area contributed by atoms with E-state index in [-0.39, 0.29) is 6.61 Å². The molecule has 0 aromatic carbocycles. The van der Waals surface area contributed by atoms with E-state index >= 15 is 0 Å². The van der Waals surface area contributed by atoms with Gasteiger partial charge in [0, 0.05) is 24.9 Å². The summed E-state index contributed by atoms with van der Waals surface area (Å²) >= 11 is 0. The van der Waals surface area contributed by atoms with Crippen LogP contribution in [0, 0.1) is 17.2 Å². The van der Waals surface area contributed by atoms with E-state index in [2.05, 4.69) is 23.3 Å². The van der Waals surface area contributed by atoms with Crippen molar-refractivity contribution in [2.75, 3.05) is 13.2 Å². The summed E-state index contributed by atoms with van der Waals surface area (Å²) in [6.45, 7) is 3.92. The number of nitrogens with zero attached hydrogens (tertiary/aromatic N) is 2. The van der Waals surface area contributed by atoms with Crippen LogP contribution in [0.2, 0.25) is 0 Å². The highest BCUT2D eigenvalue weighted by atomic mass is 16.3. The Kier molecular flexibility index (Phi) is 7.00. The molecule has 1 aromatic rings. The number of aliphatic hydroxyl groups excluding tert-OH is 1. The Balaban J connectivity index is 2.42. The molecular weight excluding hydrogens is 226 g/mol. The van der Waals surface area contributed by atoms with E-state index in [1.54, 1.807) is 6.20 Å². The quantitative estimate of drug-likeness (QED) is 0.735. The van der Waals surface area contributed by atoms with Gasteiger partial charge in [-0.2, -0.15) is 5.26 Å². The summed E-state index contributed by atoms with van der Waals surface area (Å²) in [6, 6.07) is 5.85. The van der Waals surface area contributed by atoms with Crippen molar-refractivity contribution >= 4 is 0 Å². The largest absolute Gasteiger partial charge is 0.396 e. The Labute approximate surface area is 109 Å². The van der Waals surface area contributed by atoms with Crippen molar-refractivity contribution in [1.29, 1.82) is 5.26 Å². The highest BCUT2D eigenvalue weighted by Gasteiger charge is 2.07. The van der Waals surface area contributed by atoms with Crippen LogP contribution in [0.25, 0.3) is 0 Å². The number of hydrogen-bond donors (Lipinski definition) is 2. The molecule has 1 aromatic heterocycles. The summed E-state index contributed by atoms with van der Waals surface area (Å²) in [6.07, 6.45) is 4.71. The highest BCUT2D eigenvalue weighted by Crippen LogP contribution is 2.10. The molecule has 1 unspecified atom stereocenters. The second-order valence-corrected chi connectivity index (χ2v) is 4.42. The zero-order valence-electron chi connectivity index (χ0n) is 10.9. The van der Waals surface area contributed by atoms with Crippen molar-refractivity contribution in [3.8, 4) is 6.07 Å². The van der Waals surface area contributed by atoms with Gasteiger partial charge in [0.2, 0.25) is 0 Å². The van der Waals surface area contributed by atoms with E-state index in [4.69, 9.17) is 10.4 Å². The topological polar surface area (TPSA) is 68.9 Å². The first-order valence-corrected chi connectivity index (χ1v) is 6.47. The number of pyridine rings is 1. The Morgan fingerprint density at radius 1 is 1.50 bits per heavy atom. The van der Waals surface area contributed by atoms with Gasteiger partial charge >= 0.3 is 0 Å². The molecule has 4 heteroatoms. The Morgan fingerprint density at radius 3 is 3.00 bits per heavy atom. The molecule has 4 nitrogen and oxygen atoms in total. The van der Waals surface area contributed by atoms with Gasteiger partial charge in [0.25, 0.3) is 0 Å². The van der Waals surface area contributed by atoms with Gasteiger partial charge in [0.05, 0.1) is 0 Å². The van der Waals surface area contributed by atoms with Crippen LogP contribution in [-0.4, -0.2) is 23.2 Å². The third kappa shape index (κ3) is 4.82. The van der Waals surface area contributed by atoms with Crippen molar-refractivity contribution in [2.24, 2.45) is 5.92 Å². The summed E-state index contributed by atoms with van der Waals surface area (Å²) in [5.41, 5.74) is 1.42. The summed E-state index contributed by atoms with van der Waals surface area (Å²) in [5, 5.41) is 21.2. The SMILES string of the molecule is CCCC(CCO)CNCc1cccnc1C#N. The fraction of sp³-hybridized carbons (Fsp3) is 0.571. The average molecular weight is 247 g/mol. The molecular formula is C14H21N3O. The van der Waals surface area contributed by atoms with E-state index in [1.807, 2.05) is 12.1 Å². The molecule has 0 amide bonds. The maximum absolute atomic E-state index is 8.98. The second-order valence-electron chi connectivity index (χ2n) is 4.42. The molecule has 0 saturated heterocycles. The first-order chi connectivity index (χ1) is 8.81. The molecule has 0 spiro atoms. The minimum Gasteiger partial charge on any atom is -0.396 e. The highest BCUT2D eigenvalue weighted by molar-refractivity contribution is 5.30. The van der Waals surface area contributed by atoms with Crippen LogP contribution in [0.4, 0.5) is 0 Å². The minimum absolute atomic E-state index is 0.239. The van der Waals surface area contributed by atoms with Crippen molar-refractivity contribution < 1.29 is 5.11 Å². The van der Waals surface area contributed by atoms with Gasteiger partial charge < -0.3 is 10.4 Å². The van der Waals surface area contributed by atoms with Crippen LogP contribution >= 0.6 is 0 Å². The molecule has 0 aliphatic rings. The lowest BCUT2D eigenvalue weighted by Crippen LogP contribution is -2.23. The molecule has 0 saturated carbocycles. The Bertz CT molecular complexity index is 381. The van der Waals surface area contributed by atoms with Crippen LogP contribution in [0.15, 0.2) is 18.3 Å². The lowest BCUT2D eigenvalue weighted by atomic mass is 10.00. The second kappa shape index (κ2) is 8.62. The number of nitriles is 1. The maximum atomic E-state index is 8.98. The van der Waals surface area contributed by atoms with E-state index in [0.29, 0.717) is 18.2 Å². The van der Waals surface area contributed by atoms with Crippen LogP contribution < -0.4 is 5.32 Å². The first-order valence-electron chi connectivity index (χ1n) is 6.47. The number of aliphatic hydroxyl groups is 1. The summed E-state index contributed by atoms with van der Waals surface area (Å²) in [4.78, 5) is 4.03. The molecule has 0 bridgehead atoms. The minimum atomic E-state index is 0.239. The lowest BCUT2D eigenvalue weighted by Gasteiger charge is -2.15. The van der Waals surface area contributed by atoms with E-state index in [1.165, 1.54) is 0 Å². The van der Waals surface area contributed by atoms with Gasteiger partial charge in [-0.25, -0.2) is 4.98 Å². The van der Waals surface area contributed by atoms with Crippen molar-refractivity contribution in [3.05, 3.63) is 29.6 Å². The third-order valence-electron chi connectivity index (χ3n) is 2.98. The summed E-state index contributed by atoms with van der Waals surface area (Å²) in [7, 11) is 0. The standard InChI is InChI=1S/C14H21N3O/c1-2-4-12(6-8-18)10-16-11-13-5-3-7-17-14(13)9-15/h3,5,7,12,16,18H,2,4,6,8,10-11H2,1H3. The predicted molar refractivity (Wildman–Crippen MR) is 70.8 cm³/mol. The fourth-order valence-electron chi connectivity index (χ4n) is 2.03. The fourth-order valence-corrected chi connectivity index (χ4v) is 2.03. The van der Waals surface area contributed by atoms with Gasteiger partial charge in [-0.3, -0.25) is 0 Å². The Morgan fingerprint density at radius 2 is 2.33 bits per heavy atom. The van der Waals surface area contributed by atoms with E-state index < -0.39 is 0 Å². The molecule has 2 N–H and O–H groups in total. The van der Waals surface area contributed by atoms with E-state index in [9.17, 15) is 0 Å². The van der Waals surface area contributed by atoms with Crippen molar-refractivity contribution in [3.63, 3.8) is 0 Å². The lowest BCUT2D eigenvalue weighted by molar-refractivity contribution is 0.248. The summed E-state index contributed by atoms with van der Waals surface area (Å²) in [5.74, 6) is 0.502. The van der Waals surface area contributed by atoms with Crippen LogP contribution in [0.3, 0.4) is 0 Å². The summed E-state index contributed by atoms with van der Waals surface area (Å²) < 4.78 is 0. The smallest absolute Gasteiger partial charge is 0.144 e. The van der Waals surface area contributed by atoms with Gasteiger partial charge in [0.15, 0.2) is 0 Å². The van der Waals surface area contributed by atoms with Crippen molar-refractivity contribution in [1.82, 2.24) is 10.3 Å². The zero-order valence-corrected chi connectivity index (χ0v) is 10.9. The zero-order chi connectivity index (χ0) is 13.2. The van der Waals surface area contributed by atoms with Gasteiger partial charge in [0.1, 0.15) is 11.8 Å². The number of nitrogens with one attached hydrogen (secondary N) is 1. The van der Waals surface area contributed by atoms with Gasteiger partial charge in [-0.05, 0) is 31.4 Å². The first kappa shape index (κ1) is 14.6. The molecule has 0 aliphatic carbocycles. The Hall–Kier alpha value is -1.44. The molecule has 98 valence electrons. The molecule has 18 heavy (non-hydrogen) atoms. The monoisotopic (exact) mass is 247 g/mol. The maximum Gasteiger partial charge on any atom is 0.144 e. The number of hydrogen-bond acceptors (Lipinski definition) is 4. The van der Waals surface area contributed by atoms with Crippen molar-refractivity contribution in [2.45, 2.75) is 32.7 Å². The third-order valence-corrected chi connectivity index (χ3v) is 2.98. The molecule has 1 heterocycles. The van der Waals surface area contributed by atoms with Gasteiger partial charge in [-0.1, -0.05) is 19.4 Å².